The number of rotatable bonds is 8. The Morgan fingerprint density at radius 3 is 2.32 bits per heavy atom. The first-order valence-electron chi connectivity index (χ1n) is 11.8. The number of halogens is 2. The van der Waals surface area contributed by atoms with Gasteiger partial charge in [-0.25, -0.2) is 14.1 Å². The number of amides is 2. The van der Waals surface area contributed by atoms with Gasteiger partial charge < -0.3 is 9.47 Å². The van der Waals surface area contributed by atoms with Gasteiger partial charge in [0.1, 0.15) is 11.1 Å². The van der Waals surface area contributed by atoms with E-state index in [-0.39, 0.29) is 45.3 Å². The Kier molecular flexibility index (Phi) is 9.88. The van der Waals surface area contributed by atoms with Crippen molar-refractivity contribution in [2.24, 2.45) is 0 Å². The second-order valence-corrected chi connectivity index (χ2v) is 10.0. The summed E-state index contributed by atoms with van der Waals surface area (Å²) in [5.41, 5.74) is 0.105. The molecule has 0 heterocycles. The number of carbonyl (C=O) groups is 4. The number of hydrogen-bond donors (Lipinski definition) is 0. The summed E-state index contributed by atoms with van der Waals surface area (Å²) >= 11 is 7.25. The van der Waals surface area contributed by atoms with Crippen molar-refractivity contribution in [1.82, 2.24) is 0 Å². The van der Waals surface area contributed by atoms with Crippen LogP contribution in [0.1, 0.15) is 49.9 Å². The van der Waals surface area contributed by atoms with E-state index >= 15 is 4.39 Å². The maximum Gasteiger partial charge on any atom is 0.334 e. The van der Waals surface area contributed by atoms with Gasteiger partial charge in [0.15, 0.2) is 0 Å². The highest BCUT2D eigenvalue weighted by atomic mass is 35.5. The van der Waals surface area contributed by atoms with Crippen LogP contribution in [0.4, 0.5) is 10.1 Å². The predicted octanol–water partition coefficient (Wildman–Crippen LogP) is 5.74. The molecule has 0 N–H and O–H groups in total. The minimum absolute atomic E-state index is 0.00524. The number of methoxy groups -OCH3 is 1. The van der Waals surface area contributed by atoms with Crippen LogP contribution >= 0.6 is 23.4 Å². The smallest absolute Gasteiger partial charge is 0.334 e. The van der Waals surface area contributed by atoms with Crippen molar-refractivity contribution in [2.75, 3.05) is 18.6 Å². The monoisotopic (exact) mass is 547 g/mol. The zero-order chi connectivity index (χ0) is 27.1. The molecule has 37 heavy (non-hydrogen) atoms. The third-order valence-corrected chi connectivity index (χ3v) is 7.32. The Hall–Kier alpha value is -3.17. The van der Waals surface area contributed by atoms with Gasteiger partial charge in [0.25, 0.3) is 11.8 Å². The molecule has 0 saturated heterocycles. The fourth-order valence-corrected chi connectivity index (χ4v) is 5.13. The van der Waals surface area contributed by atoms with Crippen molar-refractivity contribution in [2.45, 2.75) is 49.7 Å². The SMILES string of the molecule is CCOC(=O)C1=C(C(=O)N(C(=O)c2ccccc2)c2cc(SC(C)C(=O)OC)c(Cl)cc2F)CCCC1. The van der Waals surface area contributed by atoms with Crippen LogP contribution in [-0.4, -0.2) is 42.7 Å². The molecule has 7 nitrogen and oxygen atoms in total. The van der Waals surface area contributed by atoms with Crippen molar-refractivity contribution in [3.8, 4) is 0 Å². The van der Waals surface area contributed by atoms with Crippen molar-refractivity contribution >= 4 is 52.8 Å². The van der Waals surface area contributed by atoms with E-state index in [9.17, 15) is 19.2 Å². The summed E-state index contributed by atoms with van der Waals surface area (Å²) in [6.07, 6.45) is 1.85. The molecule has 0 aromatic heterocycles. The highest BCUT2D eigenvalue weighted by molar-refractivity contribution is 8.00. The van der Waals surface area contributed by atoms with E-state index in [0.29, 0.717) is 19.3 Å². The van der Waals surface area contributed by atoms with E-state index in [4.69, 9.17) is 21.1 Å². The molecule has 1 unspecified atom stereocenters. The zero-order valence-corrected chi connectivity index (χ0v) is 22.3. The molecule has 1 aliphatic carbocycles. The van der Waals surface area contributed by atoms with Crippen molar-refractivity contribution < 1.29 is 33.0 Å². The number of carbonyl (C=O) groups excluding carboxylic acids is 4. The number of anilines is 1. The molecule has 1 atom stereocenters. The second-order valence-electron chi connectivity index (χ2n) is 8.21. The normalized spacial score (nSPS) is 14.1. The Morgan fingerprint density at radius 1 is 1.05 bits per heavy atom. The van der Waals surface area contributed by atoms with Crippen molar-refractivity contribution in [1.29, 1.82) is 0 Å². The molecular weight excluding hydrogens is 521 g/mol. The molecule has 0 radical (unpaired) electrons. The van der Waals surface area contributed by atoms with Gasteiger partial charge in [-0.05, 0) is 63.8 Å². The highest BCUT2D eigenvalue weighted by Gasteiger charge is 2.34. The lowest BCUT2D eigenvalue weighted by Crippen LogP contribution is -2.40. The van der Waals surface area contributed by atoms with Crippen LogP contribution in [0.5, 0.6) is 0 Å². The molecule has 0 fully saturated rings. The first kappa shape index (κ1) is 28.4. The number of benzene rings is 2. The lowest BCUT2D eigenvalue weighted by molar-refractivity contribution is -0.140. The molecule has 2 aromatic rings. The fourth-order valence-electron chi connectivity index (χ4n) is 3.93. The minimum Gasteiger partial charge on any atom is -0.468 e. The standard InChI is InChI=1S/C27H27ClFNO6S/c1-4-36-27(34)19-13-9-8-12-18(19)25(32)30(24(31)17-10-6-5-7-11-17)22-15-23(20(28)14-21(22)29)37-16(2)26(33)35-3/h5-7,10-11,14-16H,4,8-9,12-13H2,1-3H3. The third kappa shape index (κ3) is 6.59. The van der Waals surface area contributed by atoms with Crippen molar-refractivity contribution in [3.05, 3.63) is 70.0 Å². The van der Waals surface area contributed by atoms with Crippen LogP contribution in [0.2, 0.25) is 5.02 Å². The third-order valence-electron chi connectivity index (χ3n) is 5.75. The Morgan fingerprint density at radius 2 is 1.70 bits per heavy atom. The van der Waals surface area contributed by atoms with Gasteiger partial charge in [-0.3, -0.25) is 14.4 Å². The molecule has 0 saturated carbocycles. The largest absolute Gasteiger partial charge is 0.468 e. The van der Waals surface area contributed by atoms with Gasteiger partial charge in [0.2, 0.25) is 0 Å². The van der Waals surface area contributed by atoms with Crippen LogP contribution in [0.25, 0.3) is 0 Å². The summed E-state index contributed by atoms with van der Waals surface area (Å²) in [6, 6.07) is 10.2. The molecule has 2 amide bonds. The molecule has 0 aliphatic heterocycles. The molecule has 10 heteroatoms. The van der Waals surface area contributed by atoms with Gasteiger partial charge in [-0.15, -0.1) is 11.8 Å². The maximum absolute atomic E-state index is 15.4. The van der Waals surface area contributed by atoms with Crippen molar-refractivity contribution in [3.63, 3.8) is 0 Å². The first-order valence-corrected chi connectivity index (χ1v) is 13.0. The number of imide groups is 1. The van der Waals surface area contributed by atoms with Gasteiger partial charge in [-0.1, -0.05) is 29.8 Å². The summed E-state index contributed by atoms with van der Waals surface area (Å²) < 4.78 is 25.3. The maximum atomic E-state index is 15.4. The molecule has 0 bridgehead atoms. The predicted molar refractivity (Wildman–Crippen MR) is 139 cm³/mol. The number of nitrogens with zero attached hydrogens (tertiary/aromatic N) is 1. The molecule has 196 valence electrons. The molecule has 0 spiro atoms. The quantitative estimate of drug-likeness (QED) is 0.236. The van der Waals surface area contributed by atoms with Gasteiger partial charge in [0.05, 0.1) is 24.4 Å². The highest BCUT2D eigenvalue weighted by Crippen LogP contribution is 2.38. The average molecular weight is 548 g/mol. The van der Waals surface area contributed by atoms with E-state index in [1.807, 2.05) is 0 Å². The summed E-state index contributed by atoms with van der Waals surface area (Å²) in [5.74, 6) is -3.64. The Labute approximate surface area is 223 Å². The lowest BCUT2D eigenvalue weighted by atomic mass is 9.90. The summed E-state index contributed by atoms with van der Waals surface area (Å²) in [6.45, 7) is 3.37. The Balaban J connectivity index is 2.17. The Bertz CT molecular complexity index is 1230. The number of esters is 2. The van der Waals surface area contributed by atoms with E-state index in [1.54, 1.807) is 32.0 Å². The van der Waals surface area contributed by atoms with Crippen LogP contribution in [0.3, 0.4) is 0 Å². The van der Waals surface area contributed by atoms with Gasteiger partial charge in [-0.2, -0.15) is 0 Å². The van der Waals surface area contributed by atoms with Crippen LogP contribution in [0, 0.1) is 5.82 Å². The number of hydrogen-bond acceptors (Lipinski definition) is 7. The number of thioether (sulfide) groups is 1. The van der Waals surface area contributed by atoms with E-state index in [2.05, 4.69) is 0 Å². The topological polar surface area (TPSA) is 90.0 Å². The van der Waals surface area contributed by atoms with E-state index in [1.165, 1.54) is 25.3 Å². The fraction of sp³-hybridized carbons (Fsp3) is 0.333. The average Bonchev–Trinajstić information content (AvgIpc) is 2.91. The van der Waals surface area contributed by atoms with E-state index in [0.717, 1.165) is 22.7 Å². The lowest BCUT2D eigenvalue weighted by Gasteiger charge is -2.27. The first-order chi connectivity index (χ1) is 17.7. The molecular formula is C27H27ClFNO6S. The van der Waals surface area contributed by atoms with Crippen LogP contribution < -0.4 is 4.90 Å². The van der Waals surface area contributed by atoms with Gasteiger partial charge in [0, 0.05) is 21.6 Å². The summed E-state index contributed by atoms with van der Waals surface area (Å²) in [7, 11) is 1.25. The summed E-state index contributed by atoms with van der Waals surface area (Å²) in [4.78, 5) is 53.1. The second kappa shape index (κ2) is 12.9. The van der Waals surface area contributed by atoms with Crippen LogP contribution in [-0.2, 0) is 23.9 Å². The zero-order valence-electron chi connectivity index (χ0n) is 20.7. The minimum atomic E-state index is -0.910. The summed E-state index contributed by atoms with van der Waals surface area (Å²) in [5, 5.41) is -0.683. The number of ether oxygens (including phenoxy) is 2. The van der Waals surface area contributed by atoms with Gasteiger partial charge >= 0.3 is 11.9 Å². The van der Waals surface area contributed by atoms with E-state index < -0.39 is 34.8 Å². The molecule has 1 aliphatic rings. The molecule has 2 aromatic carbocycles. The molecule has 3 rings (SSSR count). The van der Waals surface area contributed by atoms with Crippen LogP contribution in [0.15, 0.2) is 58.5 Å².